The molecule has 11 nitrogen and oxygen atoms in total. The second-order valence-electron chi connectivity index (χ2n) is 16.6. The molecule has 0 fully saturated rings. The number of ether oxygens (including phenoxy) is 2. The van der Waals surface area contributed by atoms with Gasteiger partial charge in [0.2, 0.25) is 10.0 Å². The van der Waals surface area contributed by atoms with Crippen molar-refractivity contribution in [3.8, 4) is 45.4 Å². The molecule has 0 saturated heterocycles. The maximum absolute atomic E-state index is 14.2. The predicted octanol–water partition coefficient (Wildman–Crippen LogP) is 12.7. The Labute approximate surface area is 434 Å². The van der Waals surface area contributed by atoms with E-state index < -0.39 is 49.2 Å². The van der Waals surface area contributed by atoms with Crippen LogP contribution in [-0.2, 0) is 33.3 Å². The Morgan fingerprint density at radius 2 is 1.00 bits per heavy atom. The quantitative estimate of drug-likeness (QED) is 0.103. The number of hydrogen-bond acceptors (Lipinski definition) is 7. The van der Waals surface area contributed by atoms with Crippen molar-refractivity contribution in [2.45, 2.75) is 36.9 Å². The lowest BCUT2D eigenvalue weighted by Crippen LogP contribution is -2.30. The summed E-state index contributed by atoms with van der Waals surface area (Å²) >= 11 is 12.6. The summed E-state index contributed by atoms with van der Waals surface area (Å²) in [5, 5.41) is 6.17. The van der Waals surface area contributed by atoms with Crippen LogP contribution in [0.1, 0.15) is 32.9 Å². The maximum Gasteiger partial charge on any atom is 0.264 e. The molecule has 2 heterocycles. The highest BCUT2D eigenvalue weighted by Gasteiger charge is 2.22. The van der Waals surface area contributed by atoms with E-state index in [0.717, 1.165) is 35.7 Å². The summed E-state index contributed by atoms with van der Waals surface area (Å²) in [6, 6.07) is 44.3. The van der Waals surface area contributed by atoms with Crippen LogP contribution in [0, 0.1) is 37.1 Å². The highest BCUT2D eigenvalue weighted by atomic mass is 35.5. The van der Waals surface area contributed by atoms with E-state index in [1.165, 1.54) is 48.5 Å². The third-order valence-corrected chi connectivity index (χ3v) is 14.1. The molecule has 0 bridgehead atoms. The molecule has 3 N–H and O–H groups in total. The Balaban J connectivity index is 0.000000202. The van der Waals surface area contributed by atoms with Crippen molar-refractivity contribution in [3.05, 3.63) is 237 Å². The first-order valence-corrected chi connectivity index (χ1v) is 26.0. The molecule has 0 radical (unpaired) electrons. The number of aromatic nitrogens is 2. The van der Waals surface area contributed by atoms with E-state index >= 15 is 0 Å². The Bertz CT molecular complexity index is 3800. The van der Waals surface area contributed by atoms with E-state index in [9.17, 15) is 39.2 Å². The number of rotatable bonds is 14. The van der Waals surface area contributed by atoms with Gasteiger partial charge in [-0.25, -0.2) is 44.3 Å². The van der Waals surface area contributed by atoms with Crippen LogP contribution >= 0.6 is 23.2 Å². The second-order valence-corrected chi connectivity index (χ2v) is 20.7. The van der Waals surface area contributed by atoms with Crippen LogP contribution in [0.4, 0.5) is 17.6 Å². The minimum atomic E-state index is -4.19. The van der Waals surface area contributed by atoms with Crippen LogP contribution in [0.3, 0.4) is 0 Å². The lowest BCUT2D eigenvalue weighted by molar-refractivity contribution is 0.0981. The number of halogens is 6. The minimum absolute atomic E-state index is 0.0200. The Hall–Kier alpha value is -7.67. The molecule has 1 amide bonds. The first kappa shape index (κ1) is 52.6. The number of benzene rings is 7. The SMILES string of the molecule is Cc1ccc(-c2cc(Cl)ccc2OCc2ccc(F)cc2F)n1-c1cccc(S(=O)(=O)NC(=O)c2ccccc2)c1.Cc1ccc(-c2cc(Cl)ccc2OCc2ccc(F)cc2F)n1-c1cccc(S(N)(=O)=O)c1. The molecular formula is C55H42Cl2F4N4O7S2. The van der Waals surface area contributed by atoms with E-state index in [4.69, 9.17) is 37.8 Å². The summed E-state index contributed by atoms with van der Waals surface area (Å²) in [5.74, 6) is -2.72. The molecule has 9 rings (SSSR count). The van der Waals surface area contributed by atoms with Crippen molar-refractivity contribution in [2.75, 3.05) is 0 Å². The third-order valence-electron chi connectivity index (χ3n) is 11.4. The molecule has 0 aliphatic heterocycles. The number of hydrogen-bond donors (Lipinski definition) is 2. The predicted molar refractivity (Wildman–Crippen MR) is 276 cm³/mol. The van der Waals surface area contributed by atoms with Crippen LogP contribution in [-0.4, -0.2) is 31.9 Å². The fourth-order valence-electron chi connectivity index (χ4n) is 7.85. The molecule has 74 heavy (non-hydrogen) atoms. The standard InChI is InChI=1S/C31H23ClF2N2O4S.C24H19ClF2N2O3S/c1-20-10-14-29(27-16-23(32)12-15-30(27)40-19-22-11-13-24(33)17-28(22)34)36(20)25-8-5-9-26(18-25)41(38,39)35-31(37)21-6-3-2-4-7-21;1-15-5-9-23(29(15)19-3-2-4-20(13-19)33(28,30)31)21-11-17(25)7-10-24(21)32-14-16-6-8-18(26)12-22(16)27/h2-18H,19H2,1H3,(H,35,37);2-13H,14H2,1H3,(H2,28,30,31). The summed E-state index contributed by atoms with van der Waals surface area (Å²) in [4.78, 5) is 12.4. The van der Waals surface area contributed by atoms with Crippen molar-refractivity contribution in [1.82, 2.24) is 13.9 Å². The molecule has 7 aromatic carbocycles. The van der Waals surface area contributed by atoms with E-state index in [1.807, 2.05) is 47.2 Å². The van der Waals surface area contributed by atoms with Crippen LogP contribution < -0.4 is 19.3 Å². The van der Waals surface area contributed by atoms with Crippen LogP contribution in [0.5, 0.6) is 11.5 Å². The first-order valence-electron chi connectivity index (χ1n) is 22.2. The molecule has 0 saturated carbocycles. The van der Waals surface area contributed by atoms with Crippen LogP contribution in [0.25, 0.3) is 33.9 Å². The van der Waals surface area contributed by atoms with Gasteiger partial charge in [0, 0.05) is 72.8 Å². The number of carbonyl (C=O) groups is 1. The topological polar surface area (TPSA) is 152 Å². The van der Waals surface area contributed by atoms with Gasteiger partial charge in [0.1, 0.15) is 48.0 Å². The van der Waals surface area contributed by atoms with Gasteiger partial charge >= 0.3 is 0 Å². The van der Waals surface area contributed by atoms with Gasteiger partial charge in [-0.3, -0.25) is 4.79 Å². The van der Waals surface area contributed by atoms with E-state index in [-0.39, 0.29) is 39.7 Å². The van der Waals surface area contributed by atoms with Gasteiger partial charge in [-0.1, -0.05) is 53.5 Å². The highest BCUT2D eigenvalue weighted by molar-refractivity contribution is 7.90. The van der Waals surface area contributed by atoms with E-state index in [0.29, 0.717) is 55.4 Å². The number of primary sulfonamides is 1. The number of nitrogens with one attached hydrogen (secondary N) is 1. The fourth-order valence-corrected chi connectivity index (χ4v) is 9.76. The summed E-state index contributed by atoms with van der Waals surface area (Å²) in [6.07, 6.45) is 0. The third kappa shape index (κ3) is 12.2. The molecule has 0 aliphatic rings. The molecule has 0 aliphatic carbocycles. The smallest absolute Gasteiger partial charge is 0.264 e. The van der Waals surface area contributed by atoms with E-state index in [1.54, 1.807) is 78.9 Å². The average Bonchev–Trinajstić information content (AvgIpc) is 3.95. The maximum atomic E-state index is 14.2. The monoisotopic (exact) mass is 1080 g/mol. The van der Waals surface area contributed by atoms with Crippen molar-refractivity contribution >= 4 is 49.2 Å². The minimum Gasteiger partial charge on any atom is -0.488 e. The number of nitrogens with zero attached hydrogens (tertiary/aromatic N) is 2. The van der Waals surface area contributed by atoms with Gasteiger partial charge in [0.15, 0.2) is 0 Å². The van der Waals surface area contributed by atoms with Gasteiger partial charge in [-0.2, -0.15) is 0 Å². The van der Waals surface area contributed by atoms with Crippen molar-refractivity contribution in [3.63, 3.8) is 0 Å². The molecule has 378 valence electrons. The molecule has 9 aromatic rings. The van der Waals surface area contributed by atoms with Crippen LogP contribution in [0.2, 0.25) is 10.0 Å². The zero-order valence-corrected chi connectivity index (χ0v) is 42.2. The van der Waals surface area contributed by atoms with E-state index in [2.05, 4.69) is 4.72 Å². The normalized spacial score (nSPS) is 11.4. The van der Waals surface area contributed by atoms with Crippen molar-refractivity contribution < 1.29 is 48.7 Å². The number of amides is 1. The van der Waals surface area contributed by atoms with Crippen LogP contribution in [0.15, 0.2) is 186 Å². The lowest BCUT2D eigenvalue weighted by Gasteiger charge is -2.17. The van der Waals surface area contributed by atoms with Crippen molar-refractivity contribution in [1.29, 1.82) is 0 Å². The fraction of sp³-hybridized carbons (Fsp3) is 0.0727. The number of carbonyl (C=O) groups excluding carboxylic acids is 1. The zero-order chi connectivity index (χ0) is 52.9. The Kier molecular flexibility index (Phi) is 15.8. The molecule has 0 atom stereocenters. The van der Waals surface area contributed by atoms with Gasteiger partial charge in [0.05, 0.1) is 21.2 Å². The van der Waals surface area contributed by atoms with Crippen molar-refractivity contribution in [2.24, 2.45) is 5.14 Å². The molecule has 0 unspecified atom stereocenters. The van der Waals surface area contributed by atoms with Gasteiger partial charge in [-0.05, 0) is 147 Å². The zero-order valence-electron chi connectivity index (χ0n) is 39.1. The largest absolute Gasteiger partial charge is 0.488 e. The Morgan fingerprint density at radius 3 is 1.46 bits per heavy atom. The summed E-state index contributed by atoms with van der Waals surface area (Å²) in [5.41, 5.74) is 5.76. The molecular weight excluding hydrogens is 1040 g/mol. The number of sulfonamides is 2. The highest BCUT2D eigenvalue weighted by Crippen LogP contribution is 2.38. The average molecular weight is 1080 g/mol. The molecule has 2 aromatic heterocycles. The Morgan fingerprint density at radius 1 is 0.541 bits per heavy atom. The molecule has 0 spiro atoms. The number of nitrogens with two attached hydrogens (primary N) is 1. The summed E-state index contributed by atoms with van der Waals surface area (Å²) in [6.45, 7) is 3.43. The number of aryl methyl sites for hydroxylation is 2. The summed E-state index contributed by atoms with van der Waals surface area (Å²) in [7, 11) is -8.08. The first-order chi connectivity index (χ1) is 35.2. The van der Waals surface area contributed by atoms with Gasteiger partial charge in [-0.15, -0.1) is 0 Å². The second kappa shape index (κ2) is 22.2. The van der Waals surface area contributed by atoms with Gasteiger partial charge < -0.3 is 18.6 Å². The van der Waals surface area contributed by atoms with Gasteiger partial charge in [0.25, 0.3) is 15.9 Å². The summed E-state index contributed by atoms with van der Waals surface area (Å²) < 4.78 is 122. The lowest BCUT2D eigenvalue weighted by atomic mass is 10.1. The molecule has 19 heteroatoms.